The molecule has 0 fully saturated rings. The van der Waals surface area contributed by atoms with Gasteiger partial charge in [-0.3, -0.25) is 4.79 Å². The molecule has 0 aliphatic rings. The molecule has 0 heterocycles. The van der Waals surface area contributed by atoms with Gasteiger partial charge in [0.2, 0.25) is 0 Å². The van der Waals surface area contributed by atoms with E-state index in [-0.39, 0.29) is 36.0 Å². The van der Waals surface area contributed by atoms with E-state index in [0.29, 0.717) is 6.42 Å². The van der Waals surface area contributed by atoms with E-state index in [2.05, 4.69) is 27.4 Å². The molecule has 162 valence electrons. The summed E-state index contributed by atoms with van der Waals surface area (Å²) < 4.78 is 31.2. The zero-order valence-electron chi connectivity index (χ0n) is 16.5. The molecule has 0 aromatic carbocycles. The average molecular weight is 433 g/mol. The van der Waals surface area contributed by atoms with Gasteiger partial charge in [0, 0.05) is 6.42 Å². The first-order chi connectivity index (χ1) is 12.9. The minimum atomic E-state index is -4.48. The number of aliphatic hydroxyl groups excluding tert-OH is 2. The van der Waals surface area contributed by atoms with Crippen LogP contribution in [0.3, 0.4) is 0 Å². The van der Waals surface area contributed by atoms with Crippen molar-refractivity contribution < 1.29 is 31.8 Å². The van der Waals surface area contributed by atoms with Gasteiger partial charge in [-0.1, -0.05) is 57.6 Å². The molecule has 0 saturated carbocycles. The predicted octanol–water partition coefficient (Wildman–Crippen LogP) is 2.75. The van der Waals surface area contributed by atoms with Crippen LogP contribution in [-0.2, 0) is 23.6 Å². The van der Waals surface area contributed by atoms with Gasteiger partial charge >= 0.3 is 45.9 Å². The van der Waals surface area contributed by atoms with Gasteiger partial charge in [-0.25, -0.2) is 4.18 Å². The third-order valence-electron chi connectivity index (χ3n) is 3.95. The Labute approximate surface area is 192 Å². The van der Waals surface area contributed by atoms with Crippen molar-refractivity contribution >= 4 is 45.9 Å². The first-order valence-corrected chi connectivity index (χ1v) is 11.3. The molecule has 1 atom stereocenters. The second kappa shape index (κ2) is 20.3. The third kappa shape index (κ3) is 20.8. The topological polar surface area (TPSA) is 110 Å². The van der Waals surface area contributed by atoms with Gasteiger partial charge in [-0.05, 0) is 32.1 Å². The zero-order chi connectivity index (χ0) is 20.4. The number of carbonyl (C=O) groups excluding carboxylic acids is 1. The van der Waals surface area contributed by atoms with E-state index in [1.807, 2.05) is 0 Å². The molecular weight excluding hydrogens is 395 g/mol. The van der Waals surface area contributed by atoms with Gasteiger partial charge in [0.25, 0.3) is 0 Å². The monoisotopic (exact) mass is 432 g/mol. The Hall–Kier alpha value is 0.0400. The molecule has 0 aliphatic carbocycles. The van der Waals surface area contributed by atoms with Crippen LogP contribution in [0, 0.1) is 0 Å². The molecule has 0 spiro atoms. The molecule has 0 rings (SSSR count). The van der Waals surface area contributed by atoms with Crippen molar-refractivity contribution in [3.63, 3.8) is 0 Å². The first kappa shape index (κ1) is 30.2. The van der Waals surface area contributed by atoms with Crippen molar-refractivity contribution in [2.75, 3.05) is 13.2 Å². The van der Waals surface area contributed by atoms with E-state index in [9.17, 15) is 13.2 Å². The van der Waals surface area contributed by atoms with E-state index in [1.165, 1.54) is 25.7 Å². The van der Waals surface area contributed by atoms with E-state index in [1.54, 1.807) is 0 Å². The Morgan fingerprint density at radius 1 is 0.964 bits per heavy atom. The third-order valence-corrected chi connectivity index (χ3v) is 4.77. The van der Waals surface area contributed by atoms with Crippen molar-refractivity contribution in [2.24, 2.45) is 0 Å². The Morgan fingerprint density at radius 2 is 1.50 bits per heavy atom. The van der Waals surface area contributed by atoms with Gasteiger partial charge < -0.3 is 14.4 Å². The molecule has 0 amide bonds. The van der Waals surface area contributed by atoms with Gasteiger partial charge in [-0.15, -0.1) is 0 Å². The summed E-state index contributed by atoms with van der Waals surface area (Å²) in [7, 11) is -4.48. The Morgan fingerprint density at radius 3 is 2.07 bits per heavy atom. The number of carbonyl (C=O) groups is 1. The summed E-state index contributed by atoms with van der Waals surface area (Å²) >= 11 is 0. The molecule has 0 saturated heterocycles. The number of hydrogen-bond donors (Lipinski definition) is 2. The average Bonchev–Trinajstić information content (AvgIpc) is 2.63. The summed E-state index contributed by atoms with van der Waals surface area (Å²) in [5.74, 6) is -0.875. The fraction of sp³-hybridized carbons (Fsp3) is 0.842. The van der Waals surface area contributed by atoms with Gasteiger partial charge in [-0.2, -0.15) is 8.42 Å². The molecule has 0 bridgehead atoms. The fourth-order valence-corrected chi connectivity index (χ4v) is 3.06. The van der Waals surface area contributed by atoms with Crippen LogP contribution in [0.1, 0.15) is 84.0 Å². The zero-order valence-corrected chi connectivity index (χ0v) is 17.3. The summed E-state index contributed by atoms with van der Waals surface area (Å²) in [5.41, 5.74) is 0. The number of rotatable bonds is 18. The second-order valence-electron chi connectivity index (χ2n) is 6.61. The number of allylic oxidation sites excluding steroid dienone is 2. The normalized spacial score (nSPS) is 12.7. The van der Waals surface area contributed by atoms with Crippen molar-refractivity contribution in [3.05, 3.63) is 12.2 Å². The molecule has 0 aromatic heterocycles. The Bertz CT molecular complexity index is 495. The van der Waals surface area contributed by atoms with Crippen LogP contribution in [0.4, 0.5) is 0 Å². The standard InChI is InChI=1S/C19H36O7S.Na.H/c1-2-3-4-5-6-7-8-9-10-11-12-13-14-15-19(22)26-27(23,24)25-17-18(21)16-20;;/h7-8,18,20-21H,2-6,9-17H2,1H3;;/b8-7-;;. The first-order valence-electron chi connectivity index (χ1n) is 9.97. The van der Waals surface area contributed by atoms with Crippen LogP contribution in [-0.4, -0.2) is 73.5 Å². The van der Waals surface area contributed by atoms with Gasteiger partial charge in [0.05, 0.1) is 13.2 Å². The summed E-state index contributed by atoms with van der Waals surface area (Å²) in [4.78, 5) is 11.5. The number of hydrogen-bond acceptors (Lipinski definition) is 7. The molecule has 0 aromatic rings. The fourth-order valence-electron chi connectivity index (χ4n) is 2.38. The maximum absolute atomic E-state index is 11.5. The van der Waals surface area contributed by atoms with E-state index < -0.39 is 35.7 Å². The van der Waals surface area contributed by atoms with Crippen LogP contribution in [0.25, 0.3) is 0 Å². The van der Waals surface area contributed by atoms with Crippen LogP contribution >= 0.6 is 0 Å². The van der Waals surface area contributed by atoms with Crippen LogP contribution in [0.2, 0.25) is 0 Å². The predicted molar refractivity (Wildman–Crippen MR) is 111 cm³/mol. The molecular formula is C19H37NaO7S. The number of unbranched alkanes of at least 4 members (excludes halogenated alkanes) is 9. The molecule has 0 aliphatic heterocycles. The Kier molecular flexibility index (Phi) is 21.9. The molecule has 0 radical (unpaired) electrons. The summed E-state index contributed by atoms with van der Waals surface area (Å²) in [6.07, 6.45) is 15.1. The SMILES string of the molecule is CCCCCC/C=C\CCCCCCCC(=O)OS(=O)(=O)OCC(O)CO.[NaH]. The van der Waals surface area contributed by atoms with E-state index in [0.717, 1.165) is 38.5 Å². The van der Waals surface area contributed by atoms with Crippen molar-refractivity contribution in [1.82, 2.24) is 0 Å². The summed E-state index contributed by atoms with van der Waals surface area (Å²) in [6, 6.07) is 0. The van der Waals surface area contributed by atoms with Crippen LogP contribution in [0.15, 0.2) is 12.2 Å². The van der Waals surface area contributed by atoms with Crippen LogP contribution in [0.5, 0.6) is 0 Å². The quantitative estimate of drug-likeness (QED) is 0.195. The summed E-state index contributed by atoms with van der Waals surface area (Å²) in [5, 5.41) is 17.6. The van der Waals surface area contributed by atoms with Crippen LogP contribution < -0.4 is 0 Å². The minimum absolute atomic E-state index is 0. The van der Waals surface area contributed by atoms with E-state index in [4.69, 9.17) is 10.2 Å². The maximum atomic E-state index is 11.5. The second-order valence-corrected chi connectivity index (χ2v) is 7.83. The van der Waals surface area contributed by atoms with E-state index >= 15 is 0 Å². The van der Waals surface area contributed by atoms with Gasteiger partial charge in [0.1, 0.15) is 6.10 Å². The van der Waals surface area contributed by atoms with Crippen molar-refractivity contribution in [3.8, 4) is 0 Å². The molecule has 2 N–H and O–H groups in total. The summed E-state index contributed by atoms with van der Waals surface area (Å²) in [6.45, 7) is 0.916. The van der Waals surface area contributed by atoms with Gasteiger partial charge in [0.15, 0.2) is 0 Å². The molecule has 1 unspecified atom stereocenters. The Balaban J connectivity index is 0. The number of aliphatic hydroxyl groups is 2. The van der Waals surface area contributed by atoms with Crippen molar-refractivity contribution in [2.45, 2.75) is 90.1 Å². The molecule has 28 heavy (non-hydrogen) atoms. The molecule has 7 nitrogen and oxygen atoms in total. The molecule has 9 heteroatoms. The van der Waals surface area contributed by atoms with Crippen molar-refractivity contribution in [1.29, 1.82) is 0 Å².